The number of halogens is 1. The van der Waals surface area contributed by atoms with Gasteiger partial charge in [0.2, 0.25) is 0 Å². The normalized spacial score (nSPS) is 12.1. The van der Waals surface area contributed by atoms with Crippen LogP contribution in [-0.4, -0.2) is 20.3 Å². The van der Waals surface area contributed by atoms with Crippen molar-refractivity contribution in [2.75, 3.05) is 0 Å². The highest BCUT2D eigenvalue weighted by molar-refractivity contribution is 9.10. The Morgan fingerprint density at radius 1 is 1.21 bits per heavy atom. The molecule has 1 unspecified atom stereocenters. The van der Waals surface area contributed by atoms with Crippen molar-refractivity contribution in [2.45, 2.75) is 10.6 Å². The van der Waals surface area contributed by atoms with E-state index >= 15 is 0 Å². The van der Waals surface area contributed by atoms with Crippen LogP contribution in [0.5, 0.6) is 0 Å². The third kappa shape index (κ3) is 3.48. The molecule has 19 heavy (non-hydrogen) atoms. The maximum absolute atomic E-state index is 12.2. The lowest BCUT2D eigenvalue weighted by molar-refractivity contribution is 0.0690. The monoisotopic (exact) mass is 339 g/mol. The molecule has 0 aliphatic rings. The first-order chi connectivity index (χ1) is 9.08. The van der Waals surface area contributed by atoms with Crippen LogP contribution in [0.2, 0.25) is 0 Å². The number of carboxylic acids is 1. The van der Waals surface area contributed by atoms with Gasteiger partial charge < -0.3 is 5.11 Å². The Balaban J connectivity index is 2.22. The van der Waals surface area contributed by atoms with Crippen molar-refractivity contribution in [1.29, 1.82) is 0 Å². The van der Waals surface area contributed by atoms with Crippen molar-refractivity contribution in [2.24, 2.45) is 0 Å². The molecule has 1 N–H and O–H groups in total. The SMILES string of the molecule is O=C(O)c1cccc(CS(=O)c2ccccc2Br)n1. The van der Waals surface area contributed by atoms with Crippen LogP contribution in [0, 0.1) is 0 Å². The van der Waals surface area contributed by atoms with Crippen LogP contribution in [-0.2, 0) is 16.6 Å². The highest BCUT2D eigenvalue weighted by atomic mass is 79.9. The summed E-state index contributed by atoms with van der Waals surface area (Å²) in [5, 5.41) is 8.86. The molecule has 0 radical (unpaired) electrons. The lowest BCUT2D eigenvalue weighted by atomic mass is 10.3. The van der Waals surface area contributed by atoms with Crippen LogP contribution in [0.15, 0.2) is 51.8 Å². The van der Waals surface area contributed by atoms with Gasteiger partial charge in [0.05, 0.1) is 27.1 Å². The fraction of sp³-hybridized carbons (Fsp3) is 0.0769. The van der Waals surface area contributed by atoms with Crippen LogP contribution in [0.3, 0.4) is 0 Å². The lowest BCUT2D eigenvalue weighted by Gasteiger charge is -2.05. The minimum Gasteiger partial charge on any atom is -0.477 e. The molecule has 0 saturated heterocycles. The number of carboxylic acid groups (broad SMARTS) is 1. The highest BCUT2D eigenvalue weighted by Crippen LogP contribution is 2.21. The Hall–Kier alpha value is -1.53. The molecule has 0 amide bonds. The molecule has 2 rings (SSSR count). The van der Waals surface area contributed by atoms with Crippen molar-refractivity contribution in [1.82, 2.24) is 4.98 Å². The molecule has 2 aromatic rings. The third-order valence-corrected chi connectivity index (χ3v) is 4.75. The summed E-state index contributed by atoms with van der Waals surface area (Å²) >= 11 is 3.34. The molecule has 1 aromatic carbocycles. The lowest BCUT2D eigenvalue weighted by Crippen LogP contribution is -2.05. The molecule has 0 fully saturated rings. The maximum atomic E-state index is 12.2. The summed E-state index contributed by atoms with van der Waals surface area (Å²) in [4.78, 5) is 15.4. The molecule has 1 heterocycles. The summed E-state index contributed by atoms with van der Waals surface area (Å²) in [7, 11) is -1.27. The average molecular weight is 340 g/mol. The van der Waals surface area contributed by atoms with Gasteiger partial charge in [-0.15, -0.1) is 0 Å². The van der Waals surface area contributed by atoms with Crippen LogP contribution >= 0.6 is 15.9 Å². The first-order valence-corrected chi connectivity index (χ1v) is 7.51. The maximum Gasteiger partial charge on any atom is 0.354 e. The Morgan fingerprint density at radius 2 is 1.95 bits per heavy atom. The van der Waals surface area contributed by atoms with Crippen molar-refractivity contribution >= 4 is 32.7 Å². The van der Waals surface area contributed by atoms with E-state index in [4.69, 9.17) is 5.11 Å². The number of aromatic carboxylic acids is 1. The Morgan fingerprint density at radius 3 is 2.63 bits per heavy atom. The van der Waals surface area contributed by atoms with Crippen molar-refractivity contribution < 1.29 is 14.1 Å². The molecular weight excluding hydrogens is 330 g/mol. The second-order valence-corrected chi connectivity index (χ2v) is 6.01. The zero-order valence-corrected chi connectivity index (χ0v) is 12.1. The van der Waals surface area contributed by atoms with E-state index in [2.05, 4.69) is 20.9 Å². The molecule has 0 saturated carbocycles. The van der Waals surface area contributed by atoms with Crippen molar-refractivity contribution in [3.63, 3.8) is 0 Å². The van der Waals surface area contributed by atoms with Gasteiger partial charge in [-0.1, -0.05) is 18.2 Å². The van der Waals surface area contributed by atoms with E-state index in [1.54, 1.807) is 24.3 Å². The minimum atomic E-state index is -1.27. The summed E-state index contributed by atoms with van der Waals surface area (Å²) in [6, 6.07) is 11.9. The smallest absolute Gasteiger partial charge is 0.354 e. The van der Waals surface area contributed by atoms with Gasteiger partial charge in [0.1, 0.15) is 5.69 Å². The summed E-state index contributed by atoms with van der Waals surface area (Å²) in [5.41, 5.74) is 0.454. The Labute approximate surface area is 121 Å². The minimum absolute atomic E-state index is 0.0402. The second kappa shape index (κ2) is 6.08. The van der Waals surface area contributed by atoms with Crippen LogP contribution in [0.25, 0.3) is 0 Å². The van der Waals surface area contributed by atoms with Gasteiger partial charge >= 0.3 is 5.97 Å². The van der Waals surface area contributed by atoms with Gasteiger partial charge in [0.25, 0.3) is 0 Å². The molecule has 0 aliphatic heterocycles. The number of nitrogens with zero attached hydrogens (tertiary/aromatic N) is 1. The Bertz CT molecular complexity index is 645. The van der Waals surface area contributed by atoms with Gasteiger partial charge in [-0.2, -0.15) is 0 Å². The number of rotatable bonds is 4. The topological polar surface area (TPSA) is 67.3 Å². The summed E-state index contributed by atoms with van der Waals surface area (Å²) in [6.07, 6.45) is 0. The average Bonchev–Trinajstić information content (AvgIpc) is 2.39. The highest BCUT2D eigenvalue weighted by Gasteiger charge is 2.11. The van der Waals surface area contributed by atoms with E-state index in [1.165, 1.54) is 6.07 Å². The molecule has 98 valence electrons. The zero-order valence-electron chi connectivity index (χ0n) is 9.75. The number of hydrogen-bond donors (Lipinski definition) is 1. The quantitative estimate of drug-likeness (QED) is 0.929. The van der Waals surface area contributed by atoms with Crippen LogP contribution in [0.1, 0.15) is 16.2 Å². The Kier molecular flexibility index (Phi) is 4.44. The van der Waals surface area contributed by atoms with E-state index in [1.807, 2.05) is 12.1 Å². The molecule has 0 bridgehead atoms. The number of pyridine rings is 1. The first kappa shape index (κ1) is 13.9. The number of carbonyl (C=O) groups is 1. The van der Waals surface area contributed by atoms with Gasteiger partial charge in [0.15, 0.2) is 0 Å². The molecular formula is C13H10BrNO3S. The van der Waals surface area contributed by atoms with Crippen LogP contribution < -0.4 is 0 Å². The van der Waals surface area contributed by atoms with Crippen molar-refractivity contribution in [3.05, 3.63) is 58.3 Å². The molecule has 1 aromatic heterocycles. The van der Waals surface area contributed by atoms with E-state index in [0.29, 0.717) is 10.6 Å². The van der Waals surface area contributed by atoms with Gasteiger partial charge in [-0.05, 0) is 40.2 Å². The fourth-order valence-electron chi connectivity index (χ4n) is 1.52. The summed E-state index contributed by atoms with van der Waals surface area (Å²) < 4.78 is 13.0. The van der Waals surface area contributed by atoms with Crippen molar-refractivity contribution in [3.8, 4) is 0 Å². The van der Waals surface area contributed by atoms with Crippen LogP contribution in [0.4, 0.5) is 0 Å². The number of benzene rings is 1. The molecule has 0 spiro atoms. The molecule has 6 heteroatoms. The molecule has 1 atom stereocenters. The third-order valence-electron chi connectivity index (χ3n) is 2.39. The van der Waals surface area contributed by atoms with E-state index in [9.17, 15) is 9.00 Å². The van der Waals surface area contributed by atoms with Gasteiger partial charge in [0, 0.05) is 4.47 Å². The van der Waals surface area contributed by atoms with E-state index in [0.717, 1.165) is 4.47 Å². The zero-order chi connectivity index (χ0) is 13.8. The van der Waals surface area contributed by atoms with Gasteiger partial charge in [-0.25, -0.2) is 9.78 Å². The summed E-state index contributed by atoms with van der Waals surface area (Å²) in [6.45, 7) is 0. The number of aromatic nitrogens is 1. The standard InChI is InChI=1S/C13H10BrNO3S/c14-10-5-1-2-7-12(10)19(18)8-9-4-3-6-11(15-9)13(16)17/h1-7H,8H2,(H,16,17). The van der Waals surface area contributed by atoms with E-state index < -0.39 is 16.8 Å². The molecule has 0 aliphatic carbocycles. The summed E-state index contributed by atoms with van der Waals surface area (Å²) in [5.74, 6) is -0.905. The predicted molar refractivity (Wildman–Crippen MR) is 75.5 cm³/mol. The first-order valence-electron chi connectivity index (χ1n) is 5.40. The van der Waals surface area contributed by atoms with E-state index in [-0.39, 0.29) is 11.4 Å². The second-order valence-electron chi connectivity index (χ2n) is 3.74. The van der Waals surface area contributed by atoms with Gasteiger partial charge in [-0.3, -0.25) is 4.21 Å². The molecule has 4 nitrogen and oxygen atoms in total. The fourth-order valence-corrected chi connectivity index (χ4v) is 3.45. The number of hydrogen-bond acceptors (Lipinski definition) is 3. The largest absolute Gasteiger partial charge is 0.477 e. The predicted octanol–water partition coefficient (Wildman–Crippen LogP) is 2.85.